The lowest BCUT2D eigenvalue weighted by Crippen LogP contribution is -2.15. The van der Waals surface area contributed by atoms with E-state index in [-0.39, 0.29) is 5.38 Å². The van der Waals surface area contributed by atoms with Crippen LogP contribution in [0.4, 0.5) is 0 Å². The molecule has 1 aliphatic rings. The Morgan fingerprint density at radius 3 is 2.67 bits per heavy atom. The van der Waals surface area contributed by atoms with Gasteiger partial charge in [0, 0.05) is 5.92 Å². The molecule has 1 fully saturated rings. The van der Waals surface area contributed by atoms with Crippen LogP contribution in [0.15, 0.2) is 0 Å². The molecule has 15 heavy (non-hydrogen) atoms. The molecule has 1 aromatic rings. The molecule has 1 saturated carbocycles. The number of rotatable bonds is 2. The fourth-order valence-corrected chi connectivity index (χ4v) is 3.63. The van der Waals surface area contributed by atoms with E-state index in [4.69, 9.17) is 11.6 Å². The fraction of sp³-hybridized carbons (Fsp3) is 0.818. The molecule has 0 bridgehead atoms. The van der Waals surface area contributed by atoms with Gasteiger partial charge in [0.15, 0.2) is 0 Å². The first-order valence-electron chi connectivity index (χ1n) is 5.48. The second-order valence-electron chi connectivity index (χ2n) is 5.03. The van der Waals surface area contributed by atoms with Crippen molar-refractivity contribution < 1.29 is 0 Å². The van der Waals surface area contributed by atoms with E-state index in [0.717, 1.165) is 5.01 Å². The zero-order chi connectivity index (χ0) is 11.1. The molecular weight excluding hydrogens is 228 g/mol. The maximum atomic E-state index is 6.00. The van der Waals surface area contributed by atoms with Crippen molar-refractivity contribution in [3.63, 3.8) is 0 Å². The molecule has 0 saturated heterocycles. The first kappa shape index (κ1) is 11.3. The van der Waals surface area contributed by atoms with Gasteiger partial charge in [-0.15, -0.1) is 21.8 Å². The van der Waals surface area contributed by atoms with Crippen LogP contribution < -0.4 is 0 Å². The minimum atomic E-state index is -0.0132. The Labute approximate surface area is 100 Å². The third kappa shape index (κ3) is 2.18. The predicted molar refractivity (Wildman–Crippen MR) is 64.6 cm³/mol. The Balaban J connectivity index is 2.22. The van der Waals surface area contributed by atoms with Crippen molar-refractivity contribution in [1.82, 2.24) is 10.2 Å². The number of hydrogen-bond donors (Lipinski definition) is 0. The minimum absolute atomic E-state index is 0.0132. The Bertz CT molecular complexity index is 346. The van der Waals surface area contributed by atoms with Crippen LogP contribution >= 0.6 is 22.9 Å². The standard InChI is InChI=1S/C11H17ClN2S/c1-7(12)9-13-14-10(15-9)8-5-4-6-11(8,2)3/h7-8H,4-6H2,1-3H3. The average molecular weight is 245 g/mol. The number of aromatic nitrogens is 2. The third-order valence-electron chi connectivity index (χ3n) is 3.35. The smallest absolute Gasteiger partial charge is 0.135 e. The van der Waals surface area contributed by atoms with Crippen LogP contribution in [0, 0.1) is 5.41 Å². The maximum Gasteiger partial charge on any atom is 0.135 e. The number of nitrogens with zero attached hydrogens (tertiary/aromatic N) is 2. The van der Waals surface area contributed by atoms with Crippen LogP contribution in [0.2, 0.25) is 0 Å². The summed E-state index contributed by atoms with van der Waals surface area (Å²) in [5.74, 6) is 0.583. The Morgan fingerprint density at radius 2 is 2.20 bits per heavy atom. The highest BCUT2D eigenvalue weighted by Gasteiger charge is 2.37. The summed E-state index contributed by atoms with van der Waals surface area (Å²) in [6.07, 6.45) is 3.85. The molecule has 84 valence electrons. The SMILES string of the molecule is CC(Cl)c1nnc(C2CCCC2(C)C)s1. The van der Waals surface area contributed by atoms with E-state index in [1.165, 1.54) is 24.3 Å². The van der Waals surface area contributed by atoms with Crippen LogP contribution in [0.3, 0.4) is 0 Å². The van der Waals surface area contributed by atoms with Gasteiger partial charge in [0.1, 0.15) is 10.0 Å². The molecule has 2 atom stereocenters. The second-order valence-corrected chi connectivity index (χ2v) is 6.72. The minimum Gasteiger partial charge on any atom is -0.143 e. The van der Waals surface area contributed by atoms with E-state index < -0.39 is 0 Å². The van der Waals surface area contributed by atoms with E-state index in [0.29, 0.717) is 11.3 Å². The normalized spacial score (nSPS) is 26.8. The molecule has 2 unspecified atom stereocenters. The van der Waals surface area contributed by atoms with Gasteiger partial charge in [-0.3, -0.25) is 0 Å². The Kier molecular flexibility index (Phi) is 3.04. The average Bonchev–Trinajstić information content (AvgIpc) is 2.69. The summed E-state index contributed by atoms with van der Waals surface area (Å²) in [6.45, 7) is 6.61. The van der Waals surface area contributed by atoms with Gasteiger partial charge >= 0.3 is 0 Å². The van der Waals surface area contributed by atoms with E-state index in [9.17, 15) is 0 Å². The van der Waals surface area contributed by atoms with Crippen LogP contribution in [-0.4, -0.2) is 10.2 Å². The molecule has 0 aliphatic heterocycles. The quantitative estimate of drug-likeness (QED) is 0.731. The summed E-state index contributed by atoms with van der Waals surface area (Å²) in [6, 6.07) is 0. The molecule has 1 aromatic heterocycles. The van der Waals surface area contributed by atoms with Gasteiger partial charge in [-0.05, 0) is 25.2 Å². The van der Waals surface area contributed by atoms with Crippen LogP contribution in [0.5, 0.6) is 0 Å². The molecule has 2 nitrogen and oxygen atoms in total. The molecule has 0 radical (unpaired) electrons. The summed E-state index contributed by atoms with van der Waals surface area (Å²) in [7, 11) is 0. The molecule has 0 aromatic carbocycles. The monoisotopic (exact) mass is 244 g/mol. The van der Waals surface area contributed by atoms with Crippen molar-refractivity contribution in [2.75, 3.05) is 0 Å². The molecule has 1 heterocycles. The lowest BCUT2D eigenvalue weighted by atomic mass is 9.82. The summed E-state index contributed by atoms with van der Waals surface area (Å²) >= 11 is 7.69. The van der Waals surface area contributed by atoms with Crippen molar-refractivity contribution in [1.29, 1.82) is 0 Å². The van der Waals surface area contributed by atoms with Crippen molar-refractivity contribution in [3.8, 4) is 0 Å². The molecule has 1 aliphatic carbocycles. The first-order valence-corrected chi connectivity index (χ1v) is 6.73. The highest BCUT2D eigenvalue weighted by molar-refractivity contribution is 7.11. The number of alkyl halides is 1. The summed E-state index contributed by atoms with van der Waals surface area (Å²) in [4.78, 5) is 0. The summed E-state index contributed by atoms with van der Waals surface area (Å²) in [5.41, 5.74) is 0.381. The second kappa shape index (κ2) is 4.02. The fourth-order valence-electron chi connectivity index (χ4n) is 2.33. The van der Waals surface area contributed by atoms with E-state index in [2.05, 4.69) is 24.0 Å². The zero-order valence-corrected chi connectivity index (χ0v) is 11.0. The molecule has 0 spiro atoms. The summed E-state index contributed by atoms with van der Waals surface area (Å²) < 4.78 is 0. The van der Waals surface area contributed by atoms with Crippen LogP contribution in [0.25, 0.3) is 0 Å². The lowest BCUT2D eigenvalue weighted by Gasteiger charge is -2.24. The van der Waals surface area contributed by atoms with Gasteiger partial charge in [0.25, 0.3) is 0 Å². The topological polar surface area (TPSA) is 25.8 Å². The molecule has 0 N–H and O–H groups in total. The third-order valence-corrected chi connectivity index (χ3v) is 4.91. The lowest BCUT2D eigenvalue weighted by molar-refractivity contribution is 0.330. The van der Waals surface area contributed by atoms with Gasteiger partial charge in [0.05, 0.1) is 5.38 Å². The van der Waals surface area contributed by atoms with Crippen molar-refractivity contribution >= 4 is 22.9 Å². The molecule has 4 heteroatoms. The van der Waals surface area contributed by atoms with E-state index >= 15 is 0 Å². The Morgan fingerprint density at radius 1 is 1.47 bits per heavy atom. The largest absolute Gasteiger partial charge is 0.143 e. The highest BCUT2D eigenvalue weighted by Crippen LogP contribution is 2.49. The Hall–Kier alpha value is -0.150. The maximum absolute atomic E-state index is 6.00. The van der Waals surface area contributed by atoms with Gasteiger partial charge in [-0.25, -0.2) is 0 Å². The number of hydrogen-bond acceptors (Lipinski definition) is 3. The molecule has 0 amide bonds. The summed E-state index contributed by atoms with van der Waals surface area (Å²) in [5, 5.41) is 10.6. The van der Waals surface area contributed by atoms with Gasteiger partial charge in [0.2, 0.25) is 0 Å². The van der Waals surface area contributed by atoms with E-state index in [1.54, 1.807) is 11.3 Å². The predicted octanol–water partition coefficient (Wildman–Crippen LogP) is 4.13. The first-order chi connectivity index (χ1) is 7.00. The van der Waals surface area contributed by atoms with Gasteiger partial charge in [-0.2, -0.15) is 0 Å². The number of halogens is 1. The zero-order valence-electron chi connectivity index (χ0n) is 9.46. The van der Waals surface area contributed by atoms with Gasteiger partial charge in [-0.1, -0.05) is 31.6 Å². The molecule has 2 rings (SSSR count). The van der Waals surface area contributed by atoms with Crippen LogP contribution in [0.1, 0.15) is 61.3 Å². The molecular formula is C11H17ClN2S. The van der Waals surface area contributed by atoms with E-state index in [1.807, 2.05) is 6.92 Å². The van der Waals surface area contributed by atoms with Crippen molar-refractivity contribution in [2.24, 2.45) is 5.41 Å². The van der Waals surface area contributed by atoms with Crippen molar-refractivity contribution in [2.45, 2.75) is 51.3 Å². The highest BCUT2D eigenvalue weighted by atomic mass is 35.5. The van der Waals surface area contributed by atoms with Gasteiger partial charge < -0.3 is 0 Å². The van der Waals surface area contributed by atoms with Crippen LogP contribution in [-0.2, 0) is 0 Å². The van der Waals surface area contributed by atoms with Crippen molar-refractivity contribution in [3.05, 3.63) is 10.0 Å².